The molecule has 0 aliphatic carbocycles. The van der Waals surface area contributed by atoms with Crippen LogP contribution in [0.1, 0.15) is 15.9 Å². The fraction of sp³-hybridized carbons (Fsp3) is 0.200. The summed E-state index contributed by atoms with van der Waals surface area (Å²) in [6, 6.07) is 8.24. The lowest BCUT2D eigenvalue weighted by Gasteiger charge is -2.09. The summed E-state index contributed by atoms with van der Waals surface area (Å²) >= 11 is 12.2. The lowest BCUT2D eigenvalue weighted by atomic mass is 10.1. The van der Waals surface area contributed by atoms with Gasteiger partial charge in [0.2, 0.25) is 0 Å². The quantitative estimate of drug-likeness (QED) is 0.744. The maximum Gasteiger partial charge on any atom is 0.290 e. The van der Waals surface area contributed by atoms with Gasteiger partial charge < -0.3 is 5.32 Å². The fourth-order valence-electron chi connectivity index (χ4n) is 1.89. The van der Waals surface area contributed by atoms with E-state index in [0.29, 0.717) is 23.0 Å². The van der Waals surface area contributed by atoms with E-state index in [9.17, 15) is 13.6 Å². The van der Waals surface area contributed by atoms with Crippen molar-refractivity contribution in [3.63, 3.8) is 0 Å². The number of alkyl halides is 2. The molecule has 1 amide bonds. The van der Waals surface area contributed by atoms with Crippen LogP contribution in [0.5, 0.6) is 0 Å². The zero-order chi connectivity index (χ0) is 16.8. The number of hydrogen-bond donors (Lipinski definition) is 1. The second kappa shape index (κ2) is 8.47. The molecule has 0 aliphatic heterocycles. The van der Waals surface area contributed by atoms with Gasteiger partial charge in [-0.2, -0.15) is 8.78 Å². The average Bonchev–Trinajstić information content (AvgIpc) is 2.51. The molecule has 2 rings (SSSR count). The molecule has 0 saturated heterocycles. The average molecular weight is 377 g/mol. The number of nitrogens with one attached hydrogen (secondary N) is 1. The Morgan fingerprint density at radius 1 is 1.26 bits per heavy atom. The SMILES string of the molecule is O=C(NCCc1cccc(Cl)c1Cl)c1cccnc1SC(F)F. The zero-order valence-electron chi connectivity index (χ0n) is 11.7. The monoisotopic (exact) mass is 376 g/mol. The Hall–Kier alpha value is -1.37. The minimum atomic E-state index is -2.64. The minimum absolute atomic E-state index is 0.000730. The molecule has 0 saturated carbocycles. The van der Waals surface area contributed by atoms with Crippen molar-refractivity contribution >= 4 is 40.9 Å². The van der Waals surface area contributed by atoms with Gasteiger partial charge in [-0.25, -0.2) is 4.98 Å². The maximum absolute atomic E-state index is 12.5. The van der Waals surface area contributed by atoms with E-state index in [1.54, 1.807) is 12.1 Å². The third kappa shape index (κ3) is 5.06. The Morgan fingerprint density at radius 2 is 2.04 bits per heavy atom. The summed E-state index contributed by atoms with van der Waals surface area (Å²) in [6.07, 6.45) is 1.84. The zero-order valence-corrected chi connectivity index (χ0v) is 14.1. The first-order chi connectivity index (χ1) is 11.0. The molecule has 0 atom stereocenters. The highest BCUT2D eigenvalue weighted by Crippen LogP contribution is 2.27. The van der Waals surface area contributed by atoms with Gasteiger partial charge in [-0.05, 0) is 41.9 Å². The topological polar surface area (TPSA) is 42.0 Å². The van der Waals surface area contributed by atoms with Crippen LogP contribution in [0.25, 0.3) is 0 Å². The molecule has 122 valence electrons. The van der Waals surface area contributed by atoms with Crippen LogP contribution in [0.3, 0.4) is 0 Å². The van der Waals surface area contributed by atoms with Crippen LogP contribution in [0.15, 0.2) is 41.6 Å². The van der Waals surface area contributed by atoms with Crippen LogP contribution in [0.4, 0.5) is 8.78 Å². The van der Waals surface area contributed by atoms with Crippen molar-refractivity contribution in [3.05, 3.63) is 57.7 Å². The Labute approximate surface area is 146 Å². The second-order valence-electron chi connectivity index (χ2n) is 4.45. The molecule has 1 heterocycles. The number of halogens is 4. The highest BCUT2D eigenvalue weighted by atomic mass is 35.5. The molecule has 0 fully saturated rings. The van der Waals surface area contributed by atoms with Crippen LogP contribution in [-0.4, -0.2) is 23.2 Å². The molecule has 1 aromatic carbocycles. The van der Waals surface area contributed by atoms with Crippen LogP contribution in [-0.2, 0) is 6.42 Å². The van der Waals surface area contributed by atoms with Crippen molar-refractivity contribution in [1.82, 2.24) is 10.3 Å². The van der Waals surface area contributed by atoms with E-state index in [0.717, 1.165) is 5.56 Å². The van der Waals surface area contributed by atoms with Gasteiger partial charge in [0.1, 0.15) is 5.03 Å². The first-order valence-corrected chi connectivity index (χ1v) is 8.23. The summed E-state index contributed by atoms with van der Waals surface area (Å²) in [4.78, 5) is 15.9. The van der Waals surface area contributed by atoms with Crippen molar-refractivity contribution in [2.45, 2.75) is 17.2 Å². The van der Waals surface area contributed by atoms with Gasteiger partial charge in [0.05, 0.1) is 15.6 Å². The van der Waals surface area contributed by atoms with Crippen LogP contribution in [0, 0.1) is 0 Å². The molecule has 3 nitrogen and oxygen atoms in total. The van der Waals surface area contributed by atoms with Crippen molar-refractivity contribution < 1.29 is 13.6 Å². The molecule has 0 unspecified atom stereocenters. The van der Waals surface area contributed by atoms with E-state index in [2.05, 4.69) is 10.3 Å². The van der Waals surface area contributed by atoms with Gasteiger partial charge >= 0.3 is 0 Å². The molecule has 23 heavy (non-hydrogen) atoms. The lowest BCUT2D eigenvalue weighted by Crippen LogP contribution is -2.26. The first kappa shape index (κ1) is 18.0. The molecule has 0 radical (unpaired) electrons. The van der Waals surface area contributed by atoms with Crippen molar-refractivity contribution in [1.29, 1.82) is 0 Å². The summed E-state index contributed by atoms with van der Waals surface area (Å²) in [7, 11) is 0. The van der Waals surface area contributed by atoms with Crippen LogP contribution >= 0.6 is 35.0 Å². The molecule has 2 aromatic rings. The van der Waals surface area contributed by atoms with E-state index >= 15 is 0 Å². The maximum atomic E-state index is 12.5. The second-order valence-corrected chi connectivity index (χ2v) is 6.22. The predicted octanol–water partition coefficient (Wildman–Crippen LogP) is 4.68. The summed E-state index contributed by atoms with van der Waals surface area (Å²) in [6.45, 7) is 0.298. The first-order valence-electron chi connectivity index (χ1n) is 6.60. The summed E-state index contributed by atoms with van der Waals surface area (Å²) in [5.74, 6) is -3.10. The number of carbonyl (C=O) groups excluding carboxylic acids is 1. The van der Waals surface area contributed by atoms with Crippen molar-refractivity contribution in [2.24, 2.45) is 0 Å². The number of aromatic nitrogens is 1. The van der Waals surface area contributed by atoms with Crippen LogP contribution < -0.4 is 5.32 Å². The number of amides is 1. The van der Waals surface area contributed by atoms with E-state index in [1.807, 2.05) is 6.07 Å². The van der Waals surface area contributed by atoms with Gasteiger partial charge in [0, 0.05) is 12.7 Å². The fourth-order valence-corrected chi connectivity index (χ4v) is 2.88. The molecule has 0 bridgehead atoms. The number of benzene rings is 1. The molecule has 0 spiro atoms. The largest absolute Gasteiger partial charge is 0.352 e. The Kier molecular flexibility index (Phi) is 6.62. The van der Waals surface area contributed by atoms with Gasteiger partial charge in [-0.15, -0.1) is 0 Å². The summed E-state index contributed by atoms with van der Waals surface area (Å²) in [5.41, 5.74) is 0.919. The molecule has 1 aromatic heterocycles. The van der Waals surface area contributed by atoms with E-state index in [1.165, 1.54) is 18.3 Å². The highest BCUT2D eigenvalue weighted by Gasteiger charge is 2.16. The summed E-state index contributed by atoms with van der Waals surface area (Å²) < 4.78 is 25.0. The normalized spacial score (nSPS) is 10.8. The van der Waals surface area contributed by atoms with Gasteiger partial charge in [0.15, 0.2) is 0 Å². The number of carbonyl (C=O) groups is 1. The van der Waals surface area contributed by atoms with Gasteiger partial charge in [-0.3, -0.25) is 4.79 Å². The highest BCUT2D eigenvalue weighted by molar-refractivity contribution is 7.99. The molecule has 0 aliphatic rings. The Morgan fingerprint density at radius 3 is 2.78 bits per heavy atom. The number of pyridine rings is 1. The van der Waals surface area contributed by atoms with E-state index in [-0.39, 0.29) is 22.4 Å². The molecule has 1 N–H and O–H groups in total. The van der Waals surface area contributed by atoms with Crippen molar-refractivity contribution in [3.8, 4) is 0 Å². The number of hydrogen-bond acceptors (Lipinski definition) is 3. The Balaban J connectivity index is 1.99. The molecular weight excluding hydrogens is 365 g/mol. The van der Waals surface area contributed by atoms with Crippen molar-refractivity contribution in [2.75, 3.05) is 6.54 Å². The van der Waals surface area contributed by atoms with E-state index < -0.39 is 11.7 Å². The predicted molar refractivity (Wildman–Crippen MR) is 88.6 cm³/mol. The standard InChI is InChI=1S/C15H12Cl2F2N2OS/c16-11-5-1-3-9(12(11)17)6-8-20-13(22)10-4-2-7-21-14(10)23-15(18)19/h1-5,7,15H,6,8H2,(H,20,22). The number of thioether (sulfide) groups is 1. The molecule has 8 heteroatoms. The van der Waals surface area contributed by atoms with Gasteiger partial charge in [0.25, 0.3) is 11.7 Å². The number of rotatable bonds is 6. The third-order valence-electron chi connectivity index (χ3n) is 2.93. The molecular formula is C15H12Cl2F2N2OS. The number of nitrogens with zero attached hydrogens (tertiary/aromatic N) is 1. The van der Waals surface area contributed by atoms with Crippen LogP contribution in [0.2, 0.25) is 10.0 Å². The Bertz CT molecular complexity index is 701. The minimum Gasteiger partial charge on any atom is -0.352 e. The lowest BCUT2D eigenvalue weighted by molar-refractivity contribution is 0.0950. The van der Waals surface area contributed by atoms with E-state index in [4.69, 9.17) is 23.2 Å². The third-order valence-corrected chi connectivity index (χ3v) is 4.51. The summed E-state index contributed by atoms with van der Waals surface area (Å²) in [5, 5.41) is 3.56. The smallest absolute Gasteiger partial charge is 0.290 e. The van der Waals surface area contributed by atoms with Gasteiger partial charge in [-0.1, -0.05) is 35.3 Å².